The van der Waals surface area contributed by atoms with Gasteiger partial charge in [-0.2, -0.15) is 0 Å². The zero-order valence-electron chi connectivity index (χ0n) is 11.1. The van der Waals surface area contributed by atoms with Gasteiger partial charge in [-0.05, 0) is 24.0 Å². The number of carbonyl (C=O) groups excluding carboxylic acids is 1. The van der Waals surface area contributed by atoms with Crippen molar-refractivity contribution >= 4 is 5.91 Å². The van der Waals surface area contributed by atoms with Crippen LogP contribution < -0.4 is 5.73 Å². The molecule has 1 aliphatic rings. The highest BCUT2D eigenvalue weighted by Gasteiger charge is 2.24. The standard InChI is InChI=1S/C15H22N2O/c1-2-3-8-14(16)15(18)17-10-9-12-6-4-5-7-13(12)11-17/h4-7,14H,2-3,8-11,16H2,1H3. The number of hydrogen-bond acceptors (Lipinski definition) is 2. The van der Waals surface area contributed by atoms with Crippen LogP contribution in [0.15, 0.2) is 24.3 Å². The third-order valence-corrected chi connectivity index (χ3v) is 3.63. The average Bonchev–Trinajstić information content (AvgIpc) is 2.43. The average molecular weight is 246 g/mol. The third kappa shape index (κ3) is 2.91. The van der Waals surface area contributed by atoms with Crippen LogP contribution in [0.4, 0.5) is 0 Å². The van der Waals surface area contributed by atoms with Crippen LogP contribution in [0, 0.1) is 0 Å². The van der Waals surface area contributed by atoms with Crippen molar-refractivity contribution in [1.82, 2.24) is 4.90 Å². The largest absolute Gasteiger partial charge is 0.337 e. The van der Waals surface area contributed by atoms with E-state index in [2.05, 4.69) is 25.1 Å². The van der Waals surface area contributed by atoms with Crippen LogP contribution in [0.3, 0.4) is 0 Å². The molecule has 0 saturated carbocycles. The summed E-state index contributed by atoms with van der Waals surface area (Å²) in [6.45, 7) is 3.64. The highest BCUT2D eigenvalue weighted by Crippen LogP contribution is 2.19. The van der Waals surface area contributed by atoms with Crippen LogP contribution in [0.5, 0.6) is 0 Å². The molecule has 1 unspecified atom stereocenters. The predicted molar refractivity (Wildman–Crippen MR) is 73.1 cm³/mol. The van der Waals surface area contributed by atoms with Crippen molar-refractivity contribution in [3.8, 4) is 0 Å². The van der Waals surface area contributed by atoms with Crippen molar-refractivity contribution < 1.29 is 4.79 Å². The summed E-state index contributed by atoms with van der Waals surface area (Å²) >= 11 is 0. The summed E-state index contributed by atoms with van der Waals surface area (Å²) in [5, 5.41) is 0. The molecule has 0 bridgehead atoms. The highest BCUT2D eigenvalue weighted by molar-refractivity contribution is 5.81. The Kier molecular flexibility index (Phi) is 4.37. The second-order valence-electron chi connectivity index (χ2n) is 5.03. The fourth-order valence-corrected chi connectivity index (χ4v) is 2.47. The van der Waals surface area contributed by atoms with Gasteiger partial charge in [0.15, 0.2) is 0 Å². The first-order chi connectivity index (χ1) is 8.72. The minimum atomic E-state index is -0.324. The van der Waals surface area contributed by atoms with Crippen LogP contribution >= 0.6 is 0 Å². The van der Waals surface area contributed by atoms with Gasteiger partial charge in [0.25, 0.3) is 0 Å². The number of fused-ring (bicyclic) bond motifs is 1. The van der Waals surface area contributed by atoms with Gasteiger partial charge in [0.1, 0.15) is 0 Å². The van der Waals surface area contributed by atoms with Gasteiger partial charge < -0.3 is 10.6 Å². The maximum atomic E-state index is 12.2. The highest BCUT2D eigenvalue weighted by atomic mass is 16.2. The lowest BCUT2D eigenvalue weighted by Gasteiger charge is -2.30. The van der Waals surface area contributed by atoms with Crippen LogP contribution in [-0.2, 0) is 17.8 Å². The summed E-state index contributed by atoms with van der Waals surface area (Å²) in [7, 11) is 0. The first kappa shape index (κ1) is 13.1. The lowest BCUT2D eigenvalue weighted by atomic mass is 9.99. The van der Waals surface area contributed by atoms with E-state index in [1.165, 1.54) is 11.1 Å². The molecule has 0 fully saturated rings. The topological polar surface area (TPSA) is 46.3 Å². The molecule has 1 aromatic carbocycles. The molecule has 2 rings (SSSR count). The summed E-state index contributed by atoms with van der Waals surface area (Å²) in [6.07, 6.45) is 3.86. The van der Waals surface area contributed by atoms with Gasteiger partial charge in [0.2, 0.25) is 5.91 Å². The predicted octanol–water partition coefficient (Wildman–Crippen LogP) is 2.09. The van der Waals surface area contributed by atoms with Crippen molar-refractivity contribution in [2.45, 2.75) is 45.2 Å². The maximum absolute atomic E-state index is 12.2. The van der Waals surface area contributed by atoms with Gasteiger partial charge in [-0.25, -0.2) is 0 Å². The van der Waals surface area contributed by atoms with E-state index in [4.69, 9.17) is 5.73 Å². The molecule has 0 saturated heterocycles. The van der Waals surface area contributed by atoms with Gasteiger partial charge in [0.05, 0.1) is 6.04 Å². The zero-order valence-corrected chi connectivity index (χ0v) is 11.1. The van der Waals surface area contributed by atoms with Crippen LogP contribution in [0.2, 0.25) is 0 Å². The molecule has 1 aromatic rings. The molecular weight excluding hydrogens is 224 g/mol. The summed E-state index contributed by atoms with van der Waals surface area (Å²) in [5.74, 6) is 0.109. The molecule has 3 heteroatoms. The van der Waals surface area contributed by atoms with E-state index in [0.717, 1.165) is 38.8 Å². The van der Waals surface area contributed by atoms with Gasteiger partial charge in [0, 0.05) is 13.1 Å². The van der Waals surface area contributed by atoms with Crippen molar-refractivity contribution in [3.05, 3.63) is 35.4 Å². The molecule has 1 atom stereocenters. The van der Waals surface area contributed by atoms with Crippen LogP contribution in [0.1, 0.15) is 37.3 Å². The first-order valence-corrected chi connectivity index (χ1v) is 6.83. The SMILES string of the molecule is CCCCC(N)C(=O)N1CCc2ccccc2C1. The normalized spacial score (nSPS) is 16.2. The second-order valence-corrected chi connectivity index (χ2v) is 5.03. The minimum Gasteiger partial charge on any atom is -0.337 e. The number of benzene rings is 1. The number of nitrogens with zero attached hydrogens (tertiary/aromatic N) is 1. The summed E-state index contributed by atoms with van der Waals surface area (Å²) in [6, 6.07) is 8.02. The molecule has 1 heterocycles. The molecule has 0 aliphatic carbocycles. The Morgan fingerprint density at radius 2 is 2.11 bits per heavy atom. The molecule has 2 N–H and O–H groups in total. The maximum Gasteiger partial charge on any atom is 0.239 e. The number of amides is 1. The molecule has 98 valence electrons. The number of unbranched alkanes of at least 4 members (excludes halogenated alkanes) is 1. The van der Waals surface area contributed by atoms with Crippen LogP contribution in [0.25, 0.3) is 0 Å². The van der Waals surface area contributed by atoms with Crippen molar-refractivity contribution in [2.24, 2.45) is 5.73 Å². The minimum absolute atomic E-state index is 0.109. The second kappa shape index (κ2) is 6.01. The van der Waals surface area contributed by atoms with E-state index in [0.29, 0.717) is 0 Å². The number of nitrogens with two attached hydrogens (primary N) is 1. The lowest BCUT2D eigenvalue weighted by Crippen LogP contribution is -2.45. The summed E-state index contributed by atoms with van der Waals surface area (Å²) in [5.41, 5.74) is 8.59. The van der Waals surface area contributed by atoms with E-state index in [1.807, 2.05) is 11.0 Å². The van der Waals surface area contributed by atoms with Crippen molar-refractivity contribution in [2.75, 3.05) is 6.54 Å². The molecule has 1 amide bonds. The van der Waals surface area contributed by atoms with Gasteiger partial charge in [-0.1, -0.05) is 44.0 Å². The van der Waals surface area contributed by atoms with Crippen molar-refractivity contribution in [3.63, 3.8) is 0 Å². The van der Waals surface area contributed by atoms with Gasteiger partial charge >= 0.3 is 0 Å². The zero-order chi connectivity index (χ0) is 13.0. The Hall–Kier alpha value is -1.35. The summed E-state index contributed by atoms with van der Waals surface area (Å²) < 4.78 is 0. The number of hydrogen-bond donors (Lipinski definition) is 1. The lowest BCUT2D eigenvalue weighted by molar-refractivity contribution is -0.133. The molecule has 0 spiro atoms. The monoisotopic (exact) mass is 246 g/mol. The van der Waals surface area contributed by atoms with E-state index in [1.54, 1.807) is 0 Å². The Labute approximate surface area is 109 Å². The number of rotatable bonds is 4. The third-order valence-electron chi connectivity index (χ3n) is 3.63. The van der Waals surface area contributed by atoms with E-state index in [-0.39, 0.29) is 11.9 Å². The van der Waals surface area contributed by atoms with E-state index >= 15 is 0 Å². The Balaban J connectivity index is 1.98. The smallest absolute Gasteiger partial charge is 0.239 e. The van der Waals surface area contributed by atoms with Crippen LogP contribution in [-0.4, -0.2) is 23.4 Å². The Morgan fingerprint density at radius 1 is 1.39 bits per heavy atom. The quantitative estimate of drug-likeness (QED) is 0.884. The first-order valence-electron chi connectivity index (χ1n) is 6.83. The fraction of sp³-hybridized carbons (Fsp3) is 0.533. The van der Waals surface area contributed by atoms with Gasteiger partial charge in [-0.3, -0.25) is 4.79 Å². The Morgan fingerprint density at radius 3 is 2.83 bits per heavy atom. The van der Waals surface area contributed by atoms with Crippen molar-refractivity contribution in [1.29, 1.82) is 0 Å². The molecule has 18 heavy (non-hydrogen) atoms. The van der Waals surface area contributed by atoms with E-state index in [9.17, 15) is 4.79 Å². The molecule has 3 nitrogen and oxygen atoms in total. The molecule has 1 aliphatic heterocycles. The van der Waals surface area contributed by atoms with E-state index < -0.39 is 0 Å². The molecule has 0 radical (unpaired) electrons. The summed E-state index contributed by atoms with van der Waals surface area (Å²) in [4.78, 5) is 14.1. The Bertz CT molecular complexity index is 417. The molecular formula is C15H22N2O. The number of carbonyl (C=O) groups is 1. The van der Waals surface area contributed by atoms with Gasteiger partial charge in [-0.15, -0.1) is 0 Å². The fourth-order valence-electron chi connectivity index (χ4n) is 2.47. The molecule has 0 aromatic heterocycles.